The lowest BCUT2D eigenvalue weighted by Crippen LogP contribution is -2.04. The summed E-state index contributed by atoms with van der Waals surface area (Å²) in [6, 6.07) is 9.07. The lowest BCUT2D eigenvalue weighted by atomic mass is 10.2. The standard InChI is InChI=1S/C14H15BrN2O2/c1-2-19-14-12(4-3-7-16-14)17-9-10-8-11(15)5-6-13(10)18/h3-8,17-18H,2,9H2,1H3. The second-order valence-electron chi connectivity index (χ2n) is 3.92. The summed E-state index contributed by atoms with van der Waals surface area (Å²) in [5.74, 6) is 0.831. The van der Waals surface area contributed by atoms with E-state index in [9.17, 15) is 5.11 Å². The van der Waals surface area contributed by atoms with Crippen LogP contribution in [0.1, 0.15) is 12.5 Å². The van der Waals surface area contributed by atoms with Crippen LogP contribution in [0.25, 0.3) is 0 Å². The average Bonchev–Trinajstić information content (AvgIpc) is 2.42. The van der Waals surface area contributed by atoms with Crippen molar-refractivity contribution in [2.75, 3.05) is 11.9 Å². The first kappa shape index (κ1) is 13.7. The number of phenols is 1. The van der Waals surface area contributed by atoms with Gasteiger partial charge in [-0.15, -0.1) is 0 Å². The van der Waals surface area contributed by atoms with Crippen LogP contribution in [0.4, 0.5) is 5.69 Å². The van der Waals surface area contributed by atoms with Crippen molar-refractivity contribution in [2.45, 2.75) is 13.5 Å². The van der Waals surface area contributed by atoms with Crippen LogP contribution in [0, 0.1) is 0 Å². The minimum absolute atomic E-state index is 0.262. The van der Waals surface area contributed by atoms with Crippen molar-refractivity contribution in [1.29, 1.82) is 0 Å². The third kappa shape index (κ3) is 3.61. The molecular weight excluding hydrogens is 308 g/mol. The molecule has 0 saturated carbocycles. The smallest absolute Gasteiger partial charge is 0.237 e. The molecule has 5 heteroatoms. The van der Waals surface area contributed by atoms with E-state index in [-0.39, 0.29) is 5.75 Å². The molecule has 1 aromatic carbocycles. The molecule has 19 heavy (non-hydrogen) atoms. The van der Waals surface area contributed by atoms with Crippen molar-refractivity contribution in [3.05, 3.63) is 46.6 Å². The number of aromatic nitrogens is 1. The number of halogens is 1. The van der Waals surface area contributed by atoms with E-state index in [2.05, 4.69) is 26.2 Å². The lowest BCUT2D eigenvalue weighted by Gasteiger charge is -2.12. The summed E-state index contributed by atoms with van der Waals surface area (Å²) in [6.45, 7) is 2.98. The van der Waals surface area contributed by atoms with E-state index in [0.717, 1.165) is 15.7 Å². The molecule has 4 nitrogen and oxygen atoms in total. The van der Waals surface area contributed by atoms with E-state index in [0.29, 0.717) is 19.0 Å². The summed E-state index contributed by atoms with van der Waals surface area (Å²) < 4.78 is 6.36. The fraction of sp³-hybridized carbons (Fsp3) is 0.214. The molecule has 0 atom stereocenters. The van der Waals surface area contributed by atoms with Gasteiger partial charge in [-0.1, -0.05) is 15.9 Å². The maximum absolute atomic E-state index is 9.78. The number of hydrogen-bond donors (Lipinski definition) is 2. The molecule has 0 saturated heterocycles. The second kappa shape index (κ2) is 6.43. The van der Waals surface area contributed by atoms with Gasteiger partial charge in [0.25, 0.3) is 0 Å². The first-order valence-electron chi connectivity index (χ1n) is 5.99. The van der Waals surface area contributed by atoms with Gasteiger partial charge in [-0.2, -0.15) is 0 Å². The third-order valence-electron chi connectivity index (χ3n) is 2.56. The predicted molar refractivity (Wildman–Crippen MR) is 78.5 cm³/mol. The molecule has 0 aliphatic heterocycles. The van der Waals surface area contributed by atoms with E-state index in [1.165, 1.54) is 0 Å². The molecule has 0 aliphatic rings. The van der Waals surface area contributed by atoms with Gasteiger partial charge in [0.2, 0.25) is 5.88 Å². The number of aromatic hydroxyl groups is 1. The summed E-state index contributed by atoms with van der Waals surface area (Å²) in [6.07, 6.45) is 1.69. The summed E-state index contributed by atoms with van der Waals surface area (Å²) in [5.41, 5.74) is 1.62. The zero-order valence-electron chi connectivity index (χ0n) is 10.6. The van der Waals surface area contributed by atoms with Gasteiger partial charge < -0.3 is 15.2 Å². The number of pyridine rings is 1. The van der Waals surface area contributed by atoms with E-state index >= 15 is 0 Å². The quantitative estimate of drug-likeness (QED) is 0.883. The Hall–Kier alpha value is -1.75. The largest absolute Gasteiger partial charge is 0.508 e. The molecule has 1 heterocycles. The molecule has 0 spiro atoms. The third-order valence-corrected chi connectivity index (χ3v) is 3.06. The number of hydrogen-bond acceptors (Lipinski definition) is 4. The Morgan fingerprint density at radius 2 is 2.21 bits per heavy atom. The summed E-state index contributed by atoms with van der Waals surface area (Å²) >= 11 is 3.39. The zero-order valence-corrected chi connectivity index (χ0v) is 12.1. The maximum Gasteiger partial charge on any atom is 0.237 e. The number of anilines is 1. The fourth-order valence-corrected chi connectivity index (χ4v) is 2.07. The minimum atomic E-state index is 0.262. The van der Waals surface area contributed by atoms with Gasteiger partial charge in [-0.05, 0) is 37.3 Å². The number of phenolic OH excluding ortho intramolecular Hbond substituents is 1. The van der Waals surface area contributed by atoms with Gasteiger partial charge in [-0.25, -0.2) is 4.98 Å². The zero-order chi connectivity index (χ0) is 13.7. The van der Waals surface area contributed by atoms with Crippen molar-refractivity contribution in [1.82, 2.24) is 4.98 Å². The highest BCUT2D eigenvalue weighted by molar-refractivity contribution is 9.10. The number of benzene rings is 1. The molecule has 0 amide bonds. The summed E-state index contributed by atoms with van der Waals surface area (Å²) in [7, 11) is 0. The molecule has 0 unspecified atom stereocenters. The van der Waals surface area contributed by atoms with Crippen LogP contribution in [0.5, 0.6) is 11.6 Å². The van der Waals surface area contributed by atoms with Gasteiger partial charge in [0.15, 0.2) is 0 Å². The Bertz CT molecular complexity index is 561. The number of ether oxygens (including phenoxy) is 1. The first-order chi connectivity index (χ1) is 9.20. The van der Waals surface area contributed by atoms with E-state index in [1.807, 2.05) is 25.1 Å². The van der Waals surface area contributed by atoms with Crippen molar-refractivity contribution in [3.63, 3.8) is 0 Å². The topological polar surface area (TPSA) is 54.4 Å². The summed E-state index contributed by atoms with van der Waals surface area (Å²) in [4.78, 5) is 4.16. The van der Waals surface area contributed by atoms with Crippen molar-refractivity contribution >= 4 is 21.6 Å². The molecule has 100 valence electrons. The minimum Gasteiger partial charge on any atom is -0.508 e. The molecule has 0 aliphatic carbocycles. The van der Waals surface area contributed by atoms with Gasteiger partial charge in [0.05, 0.1) is 12.3 Å². The Morgan fingerprint density at radius 1 is 1.37 bits per heavy atom. The highest BCUT2D eigenvalue weighted by atomic mass is 79.9. The van der Waals surface area contributed by atoms with Crippen LogP contribution in [-0.2, 0) is 6.54 Å². The van der Waals surface area contributed by atoms with Crippen LogP contribution in [-0.4, -0.2) is 16.7 Å². The Morgan fingerprint density at radius 3 is 3.00 bits per heavy atom. The van der Waals surface area contributed by atoms with Gasteiger partial charge in [-0.3, -0.25) is 0 Å². The maximum atomic E-state index is 9.78. The van der Waals surface area contributed by atoms with Crippen LogP contribution in [0.2, 0.25) is 0 Å². The highest BCUT2D eigenvalue weighted by Crippen LogP contribution is 2.25. The number of rotatable bonds is 5. The van der Waals surface area contributed by atoms with Crippen molar-refractivity contribution in [3.8, 4) is 11.6 Å². The monoisotopic (exact) mass is 322 g/mol. The van der Waals surface area contributed by atoms with Crippen molar-refractivity contribution in [2.24, 2.45) is 0 Å². The molecule has 2 N–H and O–H groups in total. The van der Waals surface area contributed by atoms with Gasteiger partial charge in [0.1, 0.15) is 5.75 Å². The van der Waals surface area contributed by atoms with E-state index in [1.54, 1.807) is 18.3 Å². The molecular formula is C14H15BrN2O2. The van der Waals surface area contributed by atoms with Crippen LogP contribution < -0.4 is 10.1 Å². The molecule has 0 bridgehead atoms. The molecule has 2 rings (SSSR count). The SMILES string of the molecule is CCOc1ncccc1NCc1cc(Br)ccc1O. The van der Waals surface area contributed by atoms with E-state index in [4.69, 9.17) is 4.74 Å². The summed E-state index contributed by atoms with van der Waals surface area (Å²) in [5, 5.41) is 13.0. The van der Waals surface area contributed by atoms with Crippen LogP contribution in [0.3, 0.4) is 0 Å². The Labute approximate surface area is 120 Å². The molecule has 0 fully saturated rings. The van der Waals surface area contributed by atoms with Crippen LogP contribution in [0.15, 0.2) is 41.0 Å². The fourth-order valence-electron chi connectivity index (χ4n) is 1.66. The van der Waals surface area contributed by atoms with Crippen LogP contribution >= 0.6 is 15.9 Å². The lowest BCUT2D eigenvalue weighted by molar-refractivity contribution is 0.328. The Kier molecular flexibility index (Phi) is 4.63. The van der Waals surface area contributed by atoms with E-state index < -0.39 is 0 Å². The normalized spacial score (nSPS) is 10.2. The first-order valence-corrected chi connectivity index (χ1v) is 6.79. The molecule has 2 aromatic rings. The highest BCUT2D eigenvalue weighted by Gasteiger charge is 2.06. The number of nitrogens with one attached hydrogen (secondary N) is 1. The van der Waals surface area contributed by atoms with Crippen molar-refractivity contribution < 1.29 is 9.84 Å². The second-order valence-corrected chi connectivity index (χ2v) is 4.83. The molecule has 1 aromatic heterocycles. The van der Waals surface area contributed by atoms with Gasteiger partial charge >= 0.3 is 0 Å². The molecule has 0 radical (unpaired) electrons. The number of nitrogens with zero attached hydrogens (tertiary/aromatic N) is 1. The van der Waals surface area contributed by atoms with Gasteiger partial charge in [0, 0.05) is 22.8 Å². The average molecular weight is 323 g/mol. The Balaban J connectivity index is 2.12. The predicted octanol–water partition coefficient (Wildman–Crippen LogP) is 3.56.